The van der Waals surface area contributed by atoms with Crippen molar-refractivity contribution in [2.24, 2.45) is 0 Å². The summed E-state index contributed by atoms with van der Waals surface area (Å²) in [6, 6.07) is 23.6. The molecule has 1 aromatic heterocycles. The summed E-state index contributed by atoms with van der Waals surface area (Å²) < 4.78 is 0. The summed E-state index contributed by atoms with van der Waals surface area (Å²) in [6.07, 6.45) is 3.74. The average molecular weight is 343 g/mol. The van der Waals surface area contributed by atoms with Crippen LogP contribution >= 0.6 is 0 Å². The van der Waals surface area contributed by atoms with Crippen molar-refractivity contribution < 1.29 is 4.79 Å². The van der Waals surface area contributed by atoms with E-state index in [1.165, 1.54) is 0 Å². The number of rotatable bonds is 4. The number of hydrogen-bond donors (Lipinski definition) is 1. The Labute approximate surface area is 153 Å². The number of aromatic nitrogens is 1. The molecule has 1 atom stereocenters. The Morgan fingerprint density at radius 3 is 2.46 bits per heavy atom. The minimum absolute atomic E-state index is 0.0441. The number of nitrogens with zero attached hydrogens (tertiary/aromatic N) is 2. The third kappa shape index (κ3) is 3.31. The van der Waals surface area contributed by atoms with Gasteiger partial charge in [0, 0.05) is 29.6 Å². The zero-order chi connectivity index (χ0) is 17.8. The molecule has 2 heterocycles. The molecule has 0 bridgehead atoms. The molecule has 2 aromatic carbocycles. The lowest BCUT2D eigenvalue weighted by atomic mass is 10.0. The number of likely N-dealkylation sites (tertiary alicyclic amines) is 1. The molecule has 130 valence electrons. The Hall–Kier alpha value is -3.14. The highest BCUT2D eigenvalue weighted by Gasteiger charge is 2.32. The van der Waals surface area contributed by atoms with Crippen molar-refractivity contribution in [3.05, 3.63) is 90.1 Å². The largest absolute Gasteiger partial charge is 0.340 e. The van der Waals surface area contributed by atoms with Crippen LogP contribution in [0.4, 0.5) is 11.5 Å². The number of anilines is 2. The first-order valence-corrected chi connectivity index (χ1v) is 8.96. The predicted molar refractivity (Wildman–Crippen MR) is 103 cm³/mol. The maximum atomic E-state index is 13.0. The van der Waals surface area contributed by atoms with Crippen molar-refractivity contribution >= 4 is 17.4 Å². The Morgan fingerprint density at radius 1 is 0.962 bits per heavy atom. The summed E-state index contributed by atoms with van der Waals surface area (Å²) in [7, 11) is 0. The molecule has 1 aliphatic rings. The Kier molecular flexibility index (Phi) is 4.65. The van der Waals surface area contributed by atoms with Crippen molar-refractivity contribution in [2.75, 3.05) is 11.9 Å². The molecule has 0 aliphatic carbocycles. The number of amides is 1. The molecule has 1 unspecified atom stereocenters. The molecule has 3 aromatic rings. The van der Waals surface area contributed by atoms with Crippen LogP contribution in [0.2, 0.25) is 0 Å². The van der Waals surface area contributed by atoms with Crippen LogP contribution in [0.25, 0.3) is 0 Å². The van der Waals surface area contributed by atoms with Gasteiger partial charge in [-0.1, -0.05) is 42.5 Å². The molecule has 1 saturated heterocycles. The highest BCUT2D eigenvalue weighted by Crippen LogP contribution is 2.36. The van der Waals surface area contributed by atoms with Crippen LogP contribution in [-0.2, 0) is 0 Å². The minimum Gasteiger partial charge on any atom is -0.340 e. The van der Waals surface area contributed by atoms with E-state index in [0.29, 0.717) is 0 Å². The van der Waals surface area contributed by atoms with E-state index in [2.05, 4.69) is 16.4 Å². The van der Waals surface area contributed by atoms with Gasteiger partial charge in [0.1, 0.15) is 5.82 Å². The molecular weight excluding hydrogens is 322 g/mol. The van der Waals surface area contributed by atoms with Gasteiger partial charge in [-0.05, 0) is 43.2 Å². The maximum absolute atomic E-state index is 13.0. The lowest BCUT2D eigenvalue weighted by molar-refractivity contribution is 0.0736. The third-order valence-corrected chi connectivity index (χ3v) is 4.77. The number of benzene rings is 2. The van der Waals surface area contributed by atoms with Crippen molar-refractivity contribution in [1.82, 2.24) is 9.88 Å². The van der Waals surface area contributed by atoms with E-state index in [0.717, 1.165) is 42.0 Å². The molecule has 1 fully saturated rings. The molecule has 1 aliphatic heterocycles. The number of nitrogens with one attached hydrogen (secondary N) is 1. The van der Waals surface area contributed by atoms with E-state index < -0.39 is 0 Å². The second kappa shape index (κ2) is 7.40. The second-order valence-corrected chi connectivity index (χ2v) is 6.45. The van der Waals surface area contributed by atoms with Gasteiger partial charge >= 0.3 is 0 Å². The van der Waals surface area contributed by atoms with Gasteiger partial charge in [-0.15, -0.1) is 0 Å². The van der Waals surface area contributed by atoms with Crippen molar-refractivity contribution in [2.45, 2.75) is 18.9 Å². The van der Waals surface area contributed by atoms with Gasteiger partial charge in [0.2, 0.25) is 0 Å². The monoisotopic (exact) mass is 343 g/mol. The smallest absolute Gasteiger partial charge is 0.254 e. The van der Waals surface area contributed by atoms with Gasteiger partial charge in [0.25, 0.3) is 5.91 Å². The summed E-state index contributed by atoms with van der Waals surface area (Å²) in [5, 5.41) is 3.40. The summed E-state index contributed by atoms with van der Waals surface area (Å²) >= 11 is 0. The van der Waals surface area contributed by atoms with Gasteiger partial charge in [-0.3, -0.25) is 4.79 Å². The van der Waals surface area contributed by atoms with E-state index in [1.54, 1.807) is 6.20 Å². The molecule has 26 heavy (non-hydrogen) atoms. The Balaban J connectivity index is 1.63. The lowest BCUT2D eigenvalue weighted by Gasteiger charge is -2.26. The van der Waals surface area contributed by atoms with Gasteiger partial charge in [0.05, 0.1) is 6.04 Å². The number of carbonyl (C=O) groups excluding carboxylic acids is 1. The molecule has 1 N–H and O–H groups in total. The van der Waals surface area contributed by atoms with Crippen LogP contribution in [-0.4, -0.2) is 22.3 Å². The fraction of sp³-hybridized carbons (Fsp3) is 0.182. The fourth-order valence-electron chi connectivity index (χ4n) is 3.53. The quantitative estimate of drug-likeness (QED) is 0.740. The van der Waals surface area contributed by atoms with E-state index in [-0.39, 0.29) is 11.9 Å². The van der Waals surface area contributed by atoms with Crippen LogP contribution in [0, 0.1) is 0 Å². The zero-order valence-electron chi connectivity index (χ0n) is 14.5. The maximum Gasteiger partial charge on any atom is 0.254 e. The summed E-state index contributed by atoms with van der Waals surface area (Å²) in [5.74, 6) is 0.902. The molecule has 0 spiro atoms. The van der Waals surface area contributed by atoms with Crippen LogP contribution in [0.5, 0.6) is 0 Å². The van der Waals surface area contributed by atoms with E-state index in [4.69, 9.17) is 0 Å². The third-order valence-electron chi connectivity index (χ3n) is 4.77. The van der Waals surface area contributed by atoms with Gasteiger partial charge < -0.3 is 10.2 Å². The van der Waals surface area contributed by atoms with Gasteiger partial charge in [-0.25, -0.2) is 4.98 Å². The number of para-hydroxylation sites is 1. The normalized spacial score (nSPS) is 16.5. The molecule has 0 radical (unpaired) electrons. The van der Waals surface area contributed by atoms with Crippen LogP contribution in [0.3, 0.4) is 0 Å². The first kappa shape index (κ1) is 16.3. The number of pyridine rings is 1. The second-order valence-electron chi connectivity index (χ2n) is 6.45. The zero-order valence-corrected chi connectivity index (χ0v) is 14.5. The van der Waals surface area contributed by atoms with E-state index in [1.807, 2.05) is 71.6 Å². The molecule has 4 rings (SSSR count). The van der Waals surface area contributed by atoms with Crippen LogP contribution in [0.15, 0.2) is 79.0 Å². The lowest BCUT2D eigenvalue weighted by Crippen LogP contribution is -2.31. The fourth-order valence-corrected chi connectivity index (χ4v) is 3.53. The van der Waals surface area contributed by atoms with Crippen molar-refractivity contribution in [3.63, 3.8) is 0 Å². The molecule has 0 saturated carbocycles. The summed E-state index contributed by atoms with van der Waals surface area (Å²) in [4.78, 5) is 19.5. The average Bonchev–Trinajstić information content (AvgIpc) is 3.19. The SMILES string of the molecule is O=C(c1ccccc1)N1CCCC1c1cccnc1Nc1ccccc1. The predicted octanol–water partition coefficient (Wildman–Crippen LogP) is 4.80. The highest BCUT2D eigenvalue weighted by molar-refractivity contribution is 5.94. The van der Waals surface area contributed by atoms with E-state index in [9.17, 15) is 4.79 Å². The molecule has 4 nitrogen and oxygen atoms in total. The Morgan fingerprint density at radius 2 is 1.69 bits per heavy atom. The van der Waals surface area contributed by atoms with Crippen LogP contribution in [0.1, 0.15) is 34.8 Å². The first-order valence-electron chi connectivity index (χ1n) is 8.96. The molecular formula is C22H21N3O. The molecule has 1 amide bonds. The molecule has 4 heteroatoms. The van der Waals surface area contributed by atoms with E-state index >= 15 is 0 Å². The topological polar surface area (TPSA) is 45.2 Å². The minimum atomic E-state index is 0.0441. The van der Waals surface area contributed by atoms with Crippen molar-refractivity contribution in [3.8, 4) is 0 Å². The summed E-state index contributed by atoms with van der Waals surface area (Å²) in [5.41, 5.74) is 2.80. The number of carbonyl (C=O) groups is 1. The van der Waals surface area contributed by atoms with Gasteiger partial charge in [0.15, 0.2) is 0 Å². The van der Waals surface area contributed by atoms with Gasteiger partial charge in [-0.2, -0.15) is 0 Å². The highest BCUT2D eigenvalue weighted by atomic mass is 16.2. The summed E-state index contributed by atoms with van der Waals surface area (Å²) in [6.45, 7) is 0.776. The van der Waals surface area contributed by atoms with Crippen LogP contribution < -0.4 is 5.32 Å². The van der Waals surface area contributed by atoms with Crippen molar-refractivity contribution in [1.29, 1.82) is 0 Å². The number of hydrogen-bond acceptors (Lipinski definition) is 3. The standard InChI is InChI=1S/C22H21N3O/c26-22(17-9-3-1-4-10-17)25-16-8-14-20(25)19-13-7-15-23-21(19)24-18-11-5-2-6-12-18/h1-7,9-13,15,20H,8,14,16H2,(H,23,24). The Bertz CT molecular complexity index is 880. The first-order chi connectivity index (χ1) is 12.8.